The van der Waals surface area contributed by atoms with Crippen molar-refractivity contribution >= 4 is 17.6 Å². The average molecular weight is 510 g/mol. The van der Waals surface area contributed by atoms with Crippen molar-refractivity contribution in [2.24, 2.45) is 0 Å². The number of nitrogens with zero attached hydrogens (tertiary/aromatic N) is 4. The van der Waals surface area contributed by atoms with Crippen LogP contribution < -0.4 is 15.0 Å². The van der Waals surface area contributed by atoms with Crippen LogP contribution in [-0.4, -0.2) is 46.4 Å². The first-order chi connectivity index (χ1) is 18.4. The van der Waals surface area contributed by atoms with Gasteiger partial charge < -0.3 is 15.0 Å². The molecule has 1 aliphatic heterocycles. The summed E-state index contributed by atoms with van der Waals surface area (Å²) >= 11 is 0. The van der Waals surface area contributed by atoms with Gasteiger partial charge in [-0.1, -0.05) is 24.1 Å². The fraction of sp³-hybridized carbons (Fsp3) is 0.172. The molecule has 2 aromatic heterocycles. The van der Waals surface area contributed by atoms with Crippen LogP contribution >= 0.6 is 0 Å². The first-order valence-corrected chi connectivity index (χ1v) is 11.9. The Morgan fingerprint density at radius 2 is 1.95 bits per heavy atom. The number of hydrogen-bond donors (Lipinski definition) is 1. The second-order valence-corrected chi connectivity index (χ2v) is 8.90. The monoisotopic (exact) mass is 509 g/mol. The van der Waals surface area contributed by atoms with E-state index in [2.05, 4.69) is 27.2 Å². The molecule has 4 aromatic rings. The summed E-state index contributed by atoms with van der Waals surface area (Å²) in [5.74, 6) is 5.98. The number of aromatic nitrogens is 3. The molecule has 0 fully saturated rings. The number of ether oxygens (including phenoxy) is 1. The number of carbonyl (C=O) groups excluding carboxylic acids is 2. The van der Waals surface area contributed by atoms with Crippen LogP contribution in [-0.2, 0) is 11.2 Å². The summed E-state index contributed by atoms with van der Waals surface area (Å²) in [6.45, 7) is 1.86. The van der Waals surface area contributed by atoms with Gasteiger partial charge >= 0.3 is 6.03 Å². The summed E-state index contributed by atoms with van der Waals surface area (Å²) in [5.41, 5.74) is 4.44. The van der Waals surface area contributed by atoms with Crippen LogP contribution in [0.15, 0.2) is 73.1 Å². The number of rotatable bonds is 3. The molecule has 38 heavy (non-hydrogen) atoms. The molecule has 0 radical (unpaired) electrons. The maximum Gasteiger partial charge on any atom is 0.342 e. The zero-order chi connectivity index (χ0) is 26.6. The van der Waals surface area contributed by atoms with Gasteiger partial charge in [0.15, 0.2) is 0 Å². The lowest BCUT2D eigenvalue weighted by atomic mass is 10.1. The van der Waals surface area contributed by atoms with Crippen LogP contribution in [0.25, 0.3) is 0 Å². The highest BCUT2D eigenvalue weighted by atomic mass is 19.1. The number of nitrogens with one attached hydrogen (secondary N) is 1. The van der Waals surface area contributed by atoms with E-state index >= 15 is 0 Å². The quantitative estimate of drug-likeness (QED) is 0.426. The summed E-state index contributed by atoms with van der Waals surface area (Å²) in [4.78, 5) is 31.9. The largest absolute Gasteiger partial charge is 0.489 e. The Hall–Kier alpha value is -4.97. The van der Waals surface area contributed by atoms with Crippen molar-refractivity contribution in [1.82, 2.24) is 20.1 Å². The molecule has 1 N–H and O–H groups in total. The predicted octanol–water partition coefficient (Wildman–Crippen LogP) is 3.70. The van der Waals surface area contributed by atoms with Crippen LogP contribution in [0.4, 0.5) is 14.9 Å². The highest BCUT2D eigenvalue weighted by Crippen LogP contribution is 2.31. The Balaban J connectivity index is 1.27. The van der Waals surface area contributed by atoms with Crippen molar-refractivity contribution in [2.45, 2.75) is 19.4 Å². The number of pyridine rings is 1. The van der Waals surface area contributed by atoms with E-state index in [9.17, 15) is 14.0 Å². The van der Waals surface area contributed by atoms with Gasteiger partial charge in [0.25, 0.3) is 5.91 Å². The van der Waals surface area contributed by atoms with Crippen molar-refractivity contribution in [3.8, 4) is 17.6 Å². The third-order valence-corrected chi connectivity index (χ3v) is 6.04. The van der Waals surface area contributed by atoms with Crippen LogP contribution in [0.2, 0.25) is 0 Å². The Kier molecular flexibility index (Phi) is 6.87. The van der Waals surface area contributed by atoms with Gasteiger partial charge in [-0.05, 0) is 66.4 Å². The van der Waals surface area contributed by atoms with E-state index in [0.29, 0.717) is 29.1 Å². The van der Waals surface area contributed by atoms with Crippen molar-refractivity contribution in [3.05, 3.63) is 107 Å². The van der Waals surface area contributed by atoms with Gasteiger partial charge in [0, 0.05) is 30.9 Å². The Bertz CT molecular complexity index is 1570. The second kappa shape index (κ2) is 10.6. The molecular weight excluding hydrogens is 485 g/mol. The molecule has 0 saturated heterocycles. The molecule has 1 unspecified atom stereocenters. The number of carbonyl (C=O) groups is 2. The maximum atomic E-state index is 13.2. The average Bonchev–Trinajstić information content (AvgIpc) is 3.35. The molecule has 2 amide bonds. The third-order valence-electron chi connectivity index (χ3n) is 6.04. The van der Waals surface area contributed by atoms with Crippen LogP contribution in [0.1, 0.15) is 28.1 Å². The number of anilines is 1. The molecule has 2 aromatic carbocycles. The van der Waals surface area contributed by atoms with E-state index < -0.39 is 12.1 Å². The highest BCUT2D eigenvalue weighted by Gasteiger charge is 2.31. The molecule has 0 bridgehead atoms. The first kappa shape index (κ1) is 24.7. The zero-order valence-corrected chi connectivity index (χ0v) is 20.8. The fourth-order valence-corrected chi connectivity index (χ4v) is 4.04. The van der Waals surface area contributed by atoms with Crippen molar-refractivity contribution in [3.63, 3.8) is 0 Å². The SMILES string of the molecule is Cc1cccc(C#Cc2ccc3c(c2)N(C)C(=O)C(NC(=O)n2cc(Cc4ccc(F)cc4)cn2)CO3)n1. The molecule has 0 saturated carbocycles. The minimum Gasteiger partial charge on any atom is -0.489 e. The van der Waals surface area contributed by atoms with E-state index in [0.717, 1.165) is 21.5 Å². The molecule has 1 aliphatic rings. The van der Waals surface area contributed by atoms with Gasteiger partial charge in [0.2, 0.25) is 0 Å². The maximum absolute atomic E-state index is 13.2. The highest BCUT2D eigenvalue weighted by molar-refractivity contribution is 6.00. The Morgan fingerprint density at radius 3 is 2.74 bits per heavy atom. The van der Waals surface area contributed by atoms with E-state index in [1.54, 1.807) is 43.7 Å². The van der Waals surface area contributed by atoms with Gasteiger partial charge in [-0.25, -0.2) is 14.2 Å². The number of amides is 2. The number of halogens is 1. The number of likely N-dealkylation sites (N-methyl/N-ethyl adjacent to an activating group) is 1. The lowest BCUT2D eigenvalue weighted by Gasteiger charge is -2.20. The standard InChI is InChI=1S/C29H24FN5O3/c1-19-4-3-5-24(32-19)12-8-21-9-13-27-26(15-21)34(2)28(36)25(18-38-27)33-29(37)35-17-22(16-31-35)14-20-6-10-23(30)11-7-20/h3-7,9-11,13,15-17,25H,14,18H2,1-2H3,(H,33,37). The molecule has 0 aliphatic carbocycles. The molecule has 5 rings (SSSR count). The number of fused-ring (bicyclic) bond motifs is 1. The number of hydrogen-bond acceptors (Lipinski definition) is 5. The van der Waals surface area contributed by atoms with Gasteiger partial charge in [0.1, 0.15) is 29.9 Å². The fourth-order valence-electron chi connectivity index (χ4n) is 4.04. The molecular formula is C29H24FN5O3. The zero-order valence-electron chi connectivity index (χ0n) is 20.8. The molecule has 3 heterocycles. The van der Waals surface area contributed by atoms with Crippen molar-refractivity contribution in [2.75, 3.05) is 18.6 Å². The Labute approximate surface area is 219 Å². The minimum absolute atomic E-state index is 0.0378. The summed E-state index contributed by atoms with van der Waals surface area (Å²) < 4.78 is 20.1. The van der Waals surface area contributed by atoms with Crippen molar-refractivity contribution in [1.29, 1.82) is 0 Å². The van der Waals surface area contributed by atoms with E-state index in [1.807, 2.05) is 31.2 Å². The van der Waals surface area contributed by atoms with Crippen LogP contribution in [0.3, 0.4) is 0 Å². The number of benzene rings is 2. The normalized spacial score (nSPS) is 14.6. The Morgan fingerprint density at radius 1 is 1.13 bits per heavy atom. The van der Waals surface area contributed by atoms with Crippen LogP contribution in [0, 0.1) is 24.6 Å². The van der Waals surface area contributed by atoms with Gasteiger partial charge in [0.05, 0.1) is 11.9 Å². The van der Waals surface area contributed by atoms with Crippen LogP contribution in [0.5, 0.6) is 5.75 Å². The smallest absolute Gasteiger partial charge is 0.342 e. The lowest BCUT2D eigenvalue weighted by Crippen LogP contribution is -2.50. The molecule has 0 spiro atoms. The van der Waals surface area contributed by atoms with Gasteiger partial charge in [-0.3, -0.25) is 4.79 Å². The summed E-state index contributed by atoms with van der Waals surface area (Å²) in [5, 5.41) is 6.81. The summed E-state index contributed by atoms with van der Waals surface area (Å²) in [6, 6.07) is 15.6. The summed E-state index contributed by atoms with van der Waals surface area (Å²) in [6.07, 6.45) is 3.63. The molecule has 8 nitrogen and oxygen atoms in total. The lowest BCUT2D eigenvalue weighted by molar-refractivity contribution is -0.120. The minimum atomic E-state index is -0.921. The first-order valence-electron chi connectivity index (χ1n) is 11.9. The van der Waals surface area contributed by atoms with Gasteiger partial charge in [-0.15, -0.1) is 0 Å². The summed E-state index contributed by atoms with van der Waals surface area (Å²) in [7, 11) is 1.63. The van der Waals surface area contributed by atoms with Gasteiger partial charge in [-0.2, -0.15) is 9.78 Å². The van der Waals surface area contributed by atoms with E-state index in [1.165, 1.54) is 17.0 Å². The topological polar surface area (TPSA) is 89.4 Å². The predicted molar refractivity (Wildman–Crippen MR) is 139 cm³/mol. The molecule has 9 heteroatoms. The number of aryl methyl sites for hydroxylation is 1. The van der Waals surface area contributed by atoms with E-state index in [4.69, 9.17) is 4.74 Å². The molecule has 190 valence electrons. The third kappa shape index (κ3) is 5.55. The van der Waals surface area contributed by atoms with Crippen molar-refractivity contribution < 1.29 is 18.7 Å². The van der Waals surface area contributed by atoms with E-state index in [-0.39, 0.29) is 18.3 Å². The molecule has 1 atom stereocenters. The second-order valence-electron chi connectivity index (χ2n) is 8.90.